The Kier molecular flexibility index (Phi) is 4.05. The van der Waals surface area contributed by atoms with Gasteiger partial charge in [-0.1, -0.05) is 18.2 Å². The van der Waals surface area contributed by atoms with Gasteiger partial charge in [0.05, 0.1) is 5.69 Å². The molecule has 0 spiro atoms. The molecule has 0 saturated heterocycles. The van der Waals surface area contributed by atoms with Crippen LogP contribution in [-0.2, 0) is 11.4 Å². The van der Waals surface area contributed by atoms with Crippen molar-refractivity contribution >= 4 is 5.91 Å². The van der Waals surface area contributed by atoms with E-state index in [9.17, 15) is 4.79 Å². The smallest absolute Gasteiger partial charge is 0.258 e. The van der Waals surface area contributed by atoms with E-state index < -0.39 is 12.0 Å². The predicted octanol–water partition coefficient (Wildman–Crippen LogP) is 3.56. The summed E-state index contributed by atoms with van der Waals surface area (Å²) in [5.41, 5.74) is 10.5. The molecule has 1 aliphatic rings. The third-order valence-electron chi connectivity index (χ3n) is 4.41. The number of benzene rings is 2. The van der Waals surface area contributed by atoms with Crippen LogP contribution < -0.4 is 15.2 Å². The highest BCUT2D eigenvalue weighted by Crippen LogP contribution is 2.41. The Bertz CT molecular complexity index is 970. The molecule has 26 heavy (non-hydrogen) atoms. The number of nitrogens with zero attached hydrogens (tertiary/aromatic N) is 1. The quantitative estimate of drug-likeness (QED) is 0.784. The highest BCUT2D eigenvalue weighted by molar-refractivity contribution is 5.80. The zero-order valence-electron chi connectivity index (χ0n) is 14.3. The molecule has 0 bridgehead atoms. The molecule has 0 saturated carbocycles. The number of fused-ring (bicyclic) bond motifs is 3. The third-order valence-corrected chi connectivity index (χ3v) is 4.41. The molecule has 5 nitrogen and oxygen atoms in total. The first-order valence-corrected chi connectivity index (χ1v) is 8.39. The Morgan fingerprint density at radius 3 is 2.81 bits per heavy atom. The zero-order chi connectivity index (χ0) is 18.1. The van der Waals surface area contributed by atoms with E-state index in [-0.39, 0.29) is 0 Å². The first-order chi connectivity index (χ1) is 12.6. The Morgan fingerprint density at radius 2 is 2.04 bits per heavy atom. The molecule has 130 valence electrons. The monoisotopic (exact) mass is 346 g/mol. The Morgan fingerprint density at radius 1 is 1.15 bits per heavy atom. The van der Waals surface area contributed by atoms with E-state index in [1.807, 2.05) is 30.3 Å². The molecule has 1 amide bonds. The number of amides is 1. The zero-order valence-corrected chi connectivity index (χ0v) is 14.3. The van der Waals surface area contributed by atoms with Gasteiger partial charge in [-0.3, -0.25) is 9.78 Å². The van der Waals surface area contributed by atoms with E-state index in [0.717, 1.165) is 33.7 Å². The van der Waals surface area contributed by atoms with Crippen molar-refractivity contribution < 1.29 is 14.3 Å². The fourth-order valence-electron chi connectivity index (χ4n) is 2.98. The summed E-state index contributed by atoms with van der Waals surface area (Å²) in [6, 6.07) is 17.7. The molecule has 5 heteroatoms. The fraction of sp³-hybridized carbons (Fsp3) is 0.143. The number of carbonyl (C=O) groups is 1. The summed E-state index contributed by atoms with van der Waals surface area (Å²) in [5, 5.41) is 0. The maximum Gasteiger partial charge on any atom is 0.258 e. The molecule has 1 aromatic heterocycles. The minimum absolute atomic E-state index is 0.486. The number of hydrogen-bond acceptors (Lipinski definition) is 4. The molecular weight excluding hydrogens is 328 g/mol. The second-order valence-corrected chi connectivity index (χ2v) is 6.20. The number of nitrogens with two attached hydrogens (primary N) is 1. The van der Waals surface area contributed by atoms with Crippen LogP contribution >= 0.6 is 0 Å². The summed E-state index contributed by atoms with van der Waals surface area (Å²) in [6.07, 6.45) is 1.09. The number of aromatic nitrogens is 1. The van der Waals surface area contributed by atoms with E-state index in [2.05, 4.69) is 23.2 Å². The molecule has 0 radical (unpaired) electrons. The van der Waals surface area contributed by atoms with Crippen molar-refractivity contribution in [3.05, 3.63) is 66.4 Å². The first kappa shape index (κ1) is 16.1. The van der Waals surface area contributed by atoms with Gasteiger partial charge in [0.15, 0.2) is 6.10 Å². The standard InChI is InChI=1S/C21H18N2O3/c1-13(21(22)24)26-16-7-8-17-18-10-14(19-4-2-3-9-23-19)5-6-15(18)12-25-20(17)11-16/h2-11,13H,12H2,1H3,(H2,22,24)/t13-/m0/s1. The van der Waals surface area contributed by atoms with Crippen molar-refractivity contribution in [2.75, 3.05) is 0 Å². The van der Waals surface area contributed by atoms with Gasteiger partial charge in [-0.25, -0.2) is 0 Å². The largest absolute Gasteiger partial charge is 0.488 e. The molecule has 2 N–H and O–H groups in total. The highest BCUT2D eigenvalue weighted by Gasteiger charge is 2.20. The highest BCUT2D eigenvalue weighted by atomic mass is 16.5. The Labute approximate surface area is 151 Å². The van der Waals surface area contributed by atoms with Crippen LogP contribution in [0.25, 0.3) is 22.4 Å². The van der Waals surface area contributed by atoms with Gasteiger partial charge >= 0.3 is 0 Å². The van der Waals surface area contributed by atoms with Gasteiger partial charge in [-0.15, -0.1) is 0 Å². The topological polar surface area (TPSA) is 74.4 Å². The summed E-state index contributed by atoms with van der Waals surface area (Å²) in [5.74, 6) is 0.776. The van der Waals surface area contributed by atoms with Crippen LogP contribution in [0.15, 0.2) is 60.8 Å². The van der Waals surface area contributed by atoms with Crippen molar-refractivity contribution in [3.8, 4) is 33.9 Å². The number of rotatable bonds is 4. The molecule has 3 aromatic rings. The maximum absolute atomic E-state index is 11.2. The molecule has 1 aliphatic heterocycles. The van der Waals surface area contributed by atoms with Gasteiger partial charge in [-0.05, 0) is 48.4 Å². The van der Waals surface area contributed by atoms with Gasteiger partial charge in [0.1, 0.15) is 18.1 Å². The molecule has 2 heterocycles. The second kappa shape index (κ2) is 6.52. The van der Waals surface area contributed by atoms with E-state index in [1.54, 1.807) is 19.2 Å². The molecule has 4 rings (SSSR count). The summed E-state index contributed by atoms with van der Waals surface area (Å²) in [4.78, 5) is 15.6. The predicted molar refractivity (Wildman–Crippen MR) is 98.7 cm³/mol. The number of primary amides is 1. The lowest BCUT2D eigenvalue weighted by molar-refractivity contribution is -0.123. The number of hydrogen-bond donors (Lipinski definition) is 1. The fourth-order valence-corrected chi connectivity index (χ4v) is 2.98. The Hall–Kier alpha value is -3.34. The van der Waals surface area contributed by atoms with E-state index in [4.69, 9.17) is 15.2 Å². The van der Waals surface area contributed by atoms with Crippen molar-refractivity contribution in [2.45, 2.75) is 19.6 Å². The summed E-state index contributed by atoms with van der Waals surface area (Å²) in [7, 11) is 0. The van der Waals surface area contributed by atoms with Crippen LogP contribution in [0.4, 0.5) is 0 Å². The number of carbonyl (C=O) groups excluding carboxylic acids is 1. The van der Waals surface area contributed by atoms with Gasteiger partial charge in [-0.2, -0.15) is 0 Å². The van der Waals surface area contributed by atoms with Crippen molar-refractivity contribution in [1.29, 1.82) is 0 Å². The van der Waals surface area contributed by atoms with Crippen LogP contribution in [-0.4, -0.2) is 17.0 Å². The average molecular weight is 346 g/mol. The van der Waals surface area contributed by atoms with Crippen LogP contribution in [0.3, 0.4) is 0 Å². The SMILES string of the molecule is C[C@H](Oc1ccc2c(c1)OCc1ccc(-c3ccccn3)cc1-2)C(N)=O. The summed E-state index contributed by atoms with van der Waals surface area (Å²) in [6.45, 7) is 2.11. The molecule has 1 atom stereocenters. The van der Waals surface area contributed by atoms with Gasteiger partial charge in [0.2, 0.25) is 0 Å². The molecule has 0 unspecified atom stereocenters. The van der Waals surface area contributed by atoms with Crippen LogP contribution in [0.2, 0.25) is 0 Å². The van der Waals surface area contributed by atoms with E-state index in [0.29, 0.717) is 12.4 Å². The van der Waals surface area contributed by atoms with Gasteiger partial charge < -0.3 is 15.2 Å². The number of ether oxygens (including phenoxy) is 2. The first-order valence-electron chi connectivity index (χ1n) is 8.39. The lowest BCUT2D eigenvalue weighted by Crippen LogP contribution is -2.30. The van der Waals surface area contributed by atoms with Crippen LogP contribution in [0.1, 0.15) is 12.5 Å². The Balaban J connectivity index is 1.71. The van der Waals surface area contributed by atoms with Crippen LogP contribution in [0, 0.1) is 0 Å². The number of pyridine rings is 1. The third kappa shape index (κ3) is 2.99. The minimum atomic E-state index is -0.695. The van der Waals surface area contributed by atoms with Crippen molar-refractivity contribution in [1.82, 2.24) is 4.98 Å². The summed E-state index contributed by atoms with van der Waals surface area (Å²) < 4.78 is 11.4. The molecule has 0 aliphatic carbocycles. The lowest BCUT2D eigenvalue weighted by Gasteiger charge is -2.22. The normalized spacial score (nSPS) is 13.1. The average Bonchev–Trinajstić information content (AvgIpc) is 2.67. The van der Waals surface area contributed by atoms with E-state index in [1.165, 1.54) is 0 Å². The van der Waals surface area contributed by atoms with Gasteiger partial charge in [0.25, 0.3) is 5.91 Å². The minimum Gasteiger partial charge on any atom is -0.488 e. The van der Waals surface area contributed by atoms with Crippen molar-refractivity contribution in [3.63, 3.8) is 0 Å². The summed E-state index contributed by atoms with van der Waals surface area (Å²) >= 11 is 0. The lowest BCUT2D eigenvalue weighted by atomic mass is 9.94. The van der Waals surface area contributed by atoms with Crippen LogP contribution in [0.5, 0.6) is 11.5 Å². The molecule has 2 aromatic carbocycles. The van der Waals surface area contributed by atoms with E-state index >= 15 is 0 Å². The van der Waals surface area contributed by atoms with Gasteiger partial charge in [0, 0.05) is 23.4 Å². The second-order valence-electron chi connectivity index (χ2n) is 6.20. The van der Waals surface area contributed by atoms with Crippen molar-refractivity contribution in [2.24, 2.45) is 5.73 Å². The maximum atomic E-state index is 11.2. The molecule has 0 fully saturated rings. The molecular formula is C21H18N2O3.